The minimum absolute atomic E-state index is 0. The van der Waals surface area contributed by atoms with Crippen LogP contribution in [-0.2, 0) is 19.5 Å². The summed E-state index contributed by atoms with van der Waals surface area (Å²) < 4.78 is 13.9. The first-order chi connectivity index (χ1) is 11.3. The number of rotatable bonds is 3. The molecule has 0 spiro atoms. The molecule has 3 aromatic rings. The first-order valence-corrected chi connectivity index (χ1v) is 7.90. The van der Waals surface area contributed by atoms with E-state index in [1.54, 1.807) is 24.4 Å². The highest BCUT2D eigenvalue weighted by Crippen LogP contribution is 2.22. The number of anilines is 1. The van der Waals surface area contributed by atoms with E-state index in [0.29, 0.717) is 11.9 Å². The number of halogens is 3. The van der Waals surface area contributed by atoms with Crippen LogP contribution in [0.1, 0.15) is 16.7 Å². The lowest BCUT2D eigenvalue weighted by atomic mass is 10.0. The Balaban J connectivity index is 0.00000113. The Labute approximate surface area is 158 Å². The molecule has 2 aromatic carbocycles. The molecular weight excluding hydrogens is 360 g/mol. The van der Waals surface area contributed by atoms with Crippen molar-refractivity contribution in [3.05, 3.63) is 71.2 Å². The van der Waals surface area contributed by atoms with E-state index >= 15 is 0 Å². The van der Waals surface area contributed by atoms with Crippen LogP contribution >= 0.6 is 24.8 Å². The monoisotopic (exact) mass is 379 g/mol. The zero-order chi connectivity index (χ0) is 15.6. The van der Waals surface area contributed by atoms with Crippen molar-refractivity contribution in [2.75, 3.05) is 11.9 Å². The number of pyridine rings is 1. The van der Waals surface area contributed by atoms with Crippen LogP contribution in [0.25, 0.3) is 10.9 Å². The second kappa shape index (κ2) is 8.48. The fourth-order valence-corrected chi connectivity index (χ4v) is 3.12. The van der Waals surface area contributed by atoms with Gasteiger partial charge in [0, 0.05) is 30.4 Å². The van der Waals surface area contributed by atoms with Crippen molar-refractivity contribution in [3.8, 4) is 0 Å². The topological polar surface area (TPSA) is 37.0 Å². The first kappa shape index (κ1) is 19.4. The molecule has 1 aromatic heterocycles. The number of hydrogen-bond donors (Lipinski definition) is 2. The lowest BCUT2D eigenvalue weighted by Crippen LogP contribution is -2.23. The molecule has 3 nitrogen and oxygen atoms in total. The number of aromatic nitrogens is 1. The number of nitrogens with one attached hydrogen (secondary N) is 2. The molecule has 2 heterocycles. The Bertz CT molecular complexity index is 870. The van der Waals surface area contributed by atoms with Crippen LogP contribution in [0.4, 0.5) is 10.1 Å². The van der Waals surface area contributed by atoms with E-state index in [2.05, 4.69) is 33.8 Å². The van der Waals surface area contributed by atoms with Gasteiger partial charge in [-0.05, 0) is 60.0 Å². The highest BCUT2D eigenvalue weighted by molar-refractivity contribution is 5.85. The van der Waals surface area contributed by atoms with Crippen LogP contribution in [0.15, 0.2) is 48.7 Å². The largest absolute Gasteiger partial charge is 0.381 e. The van der Waals surface area contributed by atoms with Gasteiger partial charge in [-0.15, -0.1) is 24.8 Å². The first-order valence-electron chi connectivity index (χ1n) is 7.90. The molecule has 0 amide bonds. The molecule has 0 radical (unpaired) electrons. The van der Waals surface area contributed by atoms with Gasteiger partial charge in [0.1, 0.15) is 5.82 Å². The van der Waals surface area contributed by atoms with Crippen molar-refractivity contribution in [2.24, 2.45) is 0 Å². The minimum Gasteiger partial charge on any atom is -0.381 e. The highest BCUT2D eigenvalue weighted by atomic mass is 35.5. The van der Waals surface area contributed by atoms with E-state index in [1.807, 2.05) is 0 Å². The lowest BCUT2D eigenvalue weighted by molar-refractivity contribution is 0.639. The van der Waals surface area contributed by atoms with E-state index in [9.17, 15) is 4.39 Å². The van der Waals surface area contributed by atoms with Gasteiger partial charge in [-0.1, -0.05) is 12.1 Å². The standard InChI is InChI=1S/C19H18FN3.2ClH/c20-18-6-4-15(19-17(18)2-1-8-22-19)12-23-16-5-3-14-11-21-9-7-13(14)10-16;;/h1-6,8,10,21,23H,7,9,11-12H2;2*1H. The van der Waals surface area contributed by atoms with Crippen LogP contribution in [0.5, 0.6) is 0 Å². The molecule has 0 atom stereocenters. The van der Waals surface area contributed by atoms with Crippen molar-refractivity contribution in [2.45, 2.75) is 19.5 Å². The van der Waals surface area contributed by atoms with Crippen molar-refractivity contribution < 1.29 is 4.39 Å². The lowest BCUT2D eigenvalue weighted by Gasteiger charge is -2.18. The number of fused-ring (bicyclic) bond motifs is 2. The molecule has 0 aliphatic carbocycles. The molecule has 0 bridgehead atoms. The number of benzene rings is 2. The fraction of sp³-hybridized carbons (Fsp3) is 0.211. The summed E-state index contributed by atoms with van der Waals surface area (Å²) >= 11 is 0. The summed E-state index contributed by atoms with van der Waals surface area (Å²) in [6.45, 7) is 2.61. The summed E-state index contributed by atoms with van der Waals surface area (Å²) in [6.07, 6.45) is 2.77. The molecule has 132 valence electrons. The highest BCUT2D eigenvalue weighted by Gasteiger charge is 2.10. The van der Waals surface area contributed by atoms with E-state index in [4.69, 9.17) is 0 Å². The van der Waals surface area contributed by atoms with Gasteiger partial charge in [-0.25, -0.2) is 4.39 Å². The number of hydrogen-bond acceptors (Lipinski definition) is 3. The normalized spacial score (nSPS) is 12.7. The molecule has 0 unspecified atom stereocenters. The molecule has 1 aliphatic heterocycles. The van der Waals surface area contributed by atoms with Crippen LogP contribution in [0.2, 0.25) is 0 Å². The molecule has 0 saturated carbocycles. The minimum atomic E-state index is -0.224. The predicted molar refractivity (Wildman–Crippen MR) is 105 cm³/mol. The molecule has 4 rings (SSSR count). The molecule has 25 heavy (non-hydrogen) atoms. The van der Waals surface area contributed by atoms with Gasteiger partial charge in [0.15, 0.2) is 0 Å². The maximum Gasteiger partial charge on any atom is 0.132 e. The molecular formula is C19H20Cl2FN3. The zero-order valence-electron chi connectivity index (χ0n) is 13.6. The van der Waals surface area contributed by atoms with Gasteiger partial charge in [-0.3, -0.25) is 4.98 Å². The SMILES string of the molecule is Cl.Cl.Fc1ccc(CNc2ccc3c(c2)CCNC3)c2ncccc12. The maximum atomic E-state index is 13.9. The average molecular weight is 380 g/mol. The van der Waals surface area contributed by atoms with Gasteiger partial charge in [0.2, 0.25) is 0 Å². The van der Waals surface area contributed by atoms with Crippen molar-refractivity contribution in [1.82, 2.24) is 10.3 Å². The van der Waals surface area contributed by atoms with Crippen LogP contribution in [0.3, 0.4) is 0 Å². The predicted octanol–water partition coefficient (Wildman–Crippen LogP) is 4.48. The van der Waals surface area contributed by atoms with E-state index < -0.39 is 0 Å². The molecule has 0 saturated heterocycles. The van der Waals surface area contributed by atoms with E-state index in [1.165, 1.54) is 17.2 Å². The van der Waals surface area contributed by atoms with Gasteiger partial charge in [-0.2, -0.15) is 0 Å². The summed E-state index contributed by atoms with van der Waals surface area (Å²) in [4.78, 5) is 4.34. The summed E-state index contributed by atoms with van der Waals surface area (Å²) in [6, 6.07) is 13.3. The van der Waals surface area contributed by atoms with Crippen molar-refractivity contribution in [3.63, 3.8) is 0 Å². The summed E-state index contributed by atoms with van der Waals surface area (Å²) in [5, 5.41) is 7.39. The van der Waals surface area contributed by atoms with E-state index in [0.717, 1.165) is 36.3 Å². The Hall–Kier alpha value is -1.88. The molecule has 1 aliphatic rings. The Kier molecular flexibility index (Phi) is 6.59. The van der Waals surface area contributed by atoms with Crippen LogP contribution < -0.4 is 10.6 Å². The second-order valence-electron chi connectivity index (χ2n) is 5.87. The fourth-order valence-electron chi connectivity index (χ4n) is 3.12. The molecule has 0 fully saturated rings. The molecule has 2 N–H and O–H groups in total. The zero-order valence-corrected chi connectivity index (χ0v) is 15.2. The smallest absolute Gasteiger partial charge is 0.132 e. The third-order valence-corrected chi connectivity index (χ3v) is 4.38. The van der Waals surface area contributed by atoms with Gasteiger partial charge >= 0.3 is 0 Å². The Morgan fingerprint density at radius 2 is 1.96 bits per heavy atom. The molecule has 6 heteroatoms. The average Bonchev–Trinajstić information content (AvgIpc) is 2.61. The Morgan fingerprint density at radius 1 is 1.08 bits per heavy atom. The quantitative estimate of drug-likeness (QED) is 0.704. The Morgan fingerprint density at radius 3 is 2.84 bits per heavy atom. The van der Waals surface area contributed by atoms with Gasteiger partial charge in [0.25, 0.3) is 0 Å². The van der Waals surface area contributed by atoms with E-state index in [-0.39, 0.29) is 30.6 Å². The van der Waals surface area contributed by atoms with Crippen LogP contribution in [-0.4, -0.2) is 11.5 Å². The van der Waals surface area contributed by atoms with Crippen molar-refractivity contribution >= 4 is 41.4 Å². The van der Waals surface area contributed by atoms with Gasteiger partial charge < -0.3 is 10.6 Å². The summed E-state index contributed by atoms with van der Waals surface area (Å²) in [7, 11) is 0. The third-order valence-electron chi connectivity index (χ3n) is 4.38. The van der Waals surface area contributed by atoms with Crippen molar-refractivity contribution in [1.29, 1.82) is 0 Å². The third kappa shape index (κ3) is 4.03. The summed E-state index contributed by atoms with van der Waals surface area (Å²) in [5.74, 6) is -0.224. The van der Waals surface area contributed by atoms with Gasteiger partial charge in [0.05, 0.1) is 5.52 Å². The van der Waals surface area contributed by atoms with Crippen LogP contribution in [0, 0.1) is 5.82 Å². The second-order valence-corrected chi connectivity index (χ2v) is 5.87. The summed E-state index contributed by atoms with van der Waals surface area (Å²) in [5.41, 5.74) is 5.59. The number of nitrogens with zero attached hydrogens (tertiary/aromatic N) is 1. The maximum absolute atomic E-state index is 13.9.